The van der Waals surface area contributed by atoms with Crippen LogP contribution in [-0.2, 0) is 16.8 Å². The third-order valence-corrected chi connectivity index (χ3v) is 6.93. The molecule has 4 aromatic rings. The Morgan fingerprint density at radius 2 is 1.76 bits per heavy atom. The number of nitrogen functional groups attached to an aromatic ring is 1. The molecular formula is C26H33N9O2. The van der Waals surface area contributed by atoms with E-state index in [0.29, 0.717) is 17.3 Å². The van der Waals surface area contributed by atoms with E-state index in [4.69, 9.17) is 15.2 Å². The number of aromatic nitrogens is 7. The maximum atomic E-state index is 12.6. The van der Waals surface area contributed by atoms with Gasteiger partial charge in [0.25, 0.3) is 5.89 Å². The van der Waals surface area contributed by atoms with E-state index in [1.165, 1.54) is 0 Å². The van der Waals surface area contributed by atoms with Crippen molar-refractivity contribution in [2.45, 2.75) is 59.0 Å². The Balaban J connectivity index is 1.57. The van der Waals surface area contributed by atoms with Gasteiger partial charge in [-0.15, -0.1) is 0 Å². The molecule has 4 rings (SSSR count). The lowest BCUT2D eigenvalue weighted by Crippen LogP contribution is -2.44. The molecule has 4 aromatic heterocycles. The molecule has 0 spiro atoms. The molecule has 0 bridgehead atoms. The minimum Gasteiger partial charge on any atom is -0.368 e. The molecule has 11 nitrogen and oxygen atoms in total. The van der Waals surface area contributed by atoms with Crippen molar-refractivity contribution in [1.82, 2.24) is 39.8 Å². The number of nitrogens with two attached hydrogens (primary N) is 1. The van der Waals surface area contributed by atoms with Crippen molar-refractivity contribution in [2.75, 3.05) is 12.8 Å². The lowest BCUT2D eigenvalue weighted by Gasteiger charge is -2.31. The maximum Gasteiger partial charge on any atom is 0.261 e. The van der Waals surface area contributed by atoms with Crippen LogP contribution in [-0.4, -0.2) is 58.3 Å². The van der Waals surface area contributed by atoms with E-state index in [1.807, 2.05) is 39.1 Å². The number of hydrogen-bond acceptors (Lipinski definition) is 9. The molecule has 0 aliphatic rings. The van der Waals surface area contributed by atoms with Crippen molar-refractivity contribution in [3.63, 3.8) is 0 Å². The molecule has 0 aliphatic carbocycles. The molecule has 0 aromatic carbocycles. The second-order valence-corrected chi connectivity index (χ2v) is 10.6. The third-order valence-electron chi connectivity index (χ3n) is 6.93. The molecule has 1 amide bonds. The van der Waals surface area contributed by atoms with Gasteiger partial charge in [-0.2, -0.15) is 10.1 Å². The van der Waals surface area contributed by atoms with Gasteiger partial charge in [-0.3, -0.25) is 14.5 Å². The fourth-order valence-electron chi connectivity index (χ4n) is 3.79. The molecule has 1 unspecified atom stereocenters. The number of anilines is 1. The summed E-state index contributed by atoms with van der Waals surface area (Å²) in [6.45, 7) is 12.4. The molecular weight excluding hydrogens is 470 g/mol. The van der Waals surface area contributed by atoms with E-state index in [9.17, 15) is 4.79 Å². The largest absolute Gasteiger partial charge is 0.368 e. The highest BCUT2D eigenvalue weighted by atomic mass is 16.5. The van der Waals surface area contributed by atoms with Crippen LogP contribution >= 0.6 is 0 Å². The quantitative estimate of drug-likeness (QED) is 0.400. The number of amides is 1. The van der Waals surface area contributed by atoms with Crippen molar-refractivity contribution in [2.24, 2.45) is 5.92 Å². The topological polar surface area (TPSA) is 142 Å². The van der Waals surface area contributed by atoms with Crippen LogP contribution in [0.2, 0.25) is 0 Å². The Kier molecular flexibility index (Phi) is 6.81. The second kappa shape index (κ2) is 9.72. The summed E-state index contributed by atoms with van der Waals surface area (Å²) < 4.78 is 7.21. The smallest absolute Gasteiger partial charge is 0.261 e. The molecule has 0 saturated heterocycles. The predicted molar refractivity (Wildman–Crippen MR) is 139 cm³/mol. The SMILES string of the molecule is CC(C)C(C)(c1ccc(-c2cnc(N)nc2)nc1)c1noc(-c2cnn(CC(=O)N(C)C(C)(C)C)c2)n1. The molecule has 1 atom stereocenters. The van der Waals surface area contributed by atoms with Gasteiger partial charge in [0, 0.05) is 42.9 Å². The van der Waals surface area contributed by atoms with Crippen molar-refractivity contribution in [3.8, 4) is 22.7 Å². The Morgan fingerprint density at radius 1 is 1.05 bits per heavy atom. The number of rotatable bonds is 7. The van der Waals surface area contributed by atoms with Crippen LogP contribution in [0.4, 0.5) is 5.95 Å². The van der Waals surface area contributed by atoms with Gasteiger partial charge >= 0.3 is 0 Å². The van der Waals surface area contributed by atoms with Gasteiger partial charge in [-0.05, 0) is 45.2 Å². The number of nitrogens with zero attached hydrogens (tertiary/aromatic N) is 8. The summed E-state index contributed by atoms with van der Waals surface area (Å²) in [7, 11) is 1.79. The Labute approximate surface area is 216 Å². The Bertz CT molecular complexity index is 1370. The van der Waals surface area contributed by atoms with Crippen molar-refractivity contribution in [1.29, 1.82) is 0 Å². The zero-order chi connectivity index (χ0) is 27.0. The monoisotopic (exact) mass is 503 g/mol. The second-order valence-electron chi connectivity index (χ2n) is 10.6. The van der Waals surface area contributed by atoms with E-state index in [-0.39, 0.29) is 29.9 Å². The molecule has 2 N–H and O–H groups in total. The minimum atomic E-state index is -0.563. The summed E-state index contributed by atoms with van der Waals surface area (Å²) in [5.41, 5.74) is 7.86. The summed E-state index contributed by atoms with van der Waals surface area (Å²) in [4.78, 5) is 31.7. The fraction of sp³-hybridized carbons (Fsp3) is 0.423. The average molecular weight is 504 g/mol. The summed E-state index contributed by atoms with van der Waals surface area (Å²) in [6, 6.07) is 3.92. The van der Waals surface area contributed by atoms with Crippen molar-refractivity contribution >= 4 is 11.9 Å². The van der Waals surface area contributed by atoms with E-state index in [1.54, 1.807) is 41.4 Å². The number of hydrogen-bond donors (Lipinski definition) is 1. The van der Waals surface area contributed by atoms with Gasteiger partial charge in [0.2, 0.25) is 11.9 Å². The first-order valence-electron chi connectivity index (χ1n) is 12.1. The van der Waals surface area contributed by atoms with Crippen LogP contribution in [0.1, 0.15) is 52.9 Å². The van der Waals surface area contributed by atoms with Crippen LogP contribution in [0.3, 0.4) is 0 Å². The lowest BCUT2D eigenvalue weighted by molar-refractivity contribution is -0.134. The van der Waals surface area contributed by atoms with Gasteiger partial charge in [-0.25, -0.2) is 9.97 Å². The van der Waals surface area contributed by atoms with E-state index >= 15 is 0 Å². The van der Waals surface area contributed by atoms with Gasteiger partial charge < -0.3 is 15.2 Å². The number of carbonyl (C=O) groups is 1. The zero-order valence-electron chi connectivity index (χ0n) is 22.3. The van der Waals surface area contributed by atoms with Crippen LogP contribution in [0.15, 0.2) is 47.6 Å². The molecule has 4 heterocycles. The first kappa shape index (κ1) is 25.9. The lowest BCUT2D eigenvalue weighted by atomic mass is 9.73. The predicted octanol–water partition coefficient (Wildman–Crippen LogP) is 3.59. The Hall–Kier alpha value is -4.15. The first-order valence-corrected chi connectivity index (χ1v) is 12.1. The van der Waals surface area contributed by atoms with E-state index in [0.717, 1.165) is 16.8 Å². The molecule has 0 radical (unpaired) electrons. The van der Waals surface area contributed by atoms with Gasteiger partial charge in [0.1, 0.15) is 6.54 Å². The summed E-state index contributed by atoms with van der Waals surface area (Å²) in [6.07, 6.45) is 8.47. The zero-order valence-corrected chi connectivity index (χ0v) is 22.3. The molecule has 194 valence electrons. The fourth-order valence-corrected chi connectivity index (χ4v) is 3.79. The normalized spacial score (nSPS) is 13.5. The molecule has 0 aliphatic heterocycles. The number of pyridine rings is 1. The first-order chi connectivity index (χ1) is 17.4. The van der Waals surface area contributed by atoms with Gasteiger partial charge in [0.05, 0.1) is 22.9 Å². The van der Waals surface area contributed by atoms with Crippen molar-refractivity contribution < 1.29 is 9.32 Å². The van der Waals surface area contributed by atoms with Crippen LogP contribution < -0.4 is 5.73 Å². The van der Waals surface area contributed by atoms with E-state index < -0.39 is 5.41 Å². The minimum absolute atomic E-state index is 0.0396. The average Bonchev–Trinajstić information content (AvgIpc) is 3.53. The summed E-state index contributed by atoms with van der Waals surface area (Å²) in [5, 5.41) is 8.64. The van der Waals surface area contributed by atoms with Crippen molar-refractivity contribution in [3.05, 3.63) is 54.5 Å². The molecule has 0 fully saturated rings. The molecule has 11 heteroatoms. The Morgan fingerprint density at radius 3 is 2.35 bits per heavy atom. The van der Waals surface area contributed by atoms with Gasteiger partial charge in [-0.1, -0.05) is 25.1 Å². The summed E-state index contributed by atoms with van der Waals surface area (Å²) >= 11 is 0. The van der Waals surface area contributed by atoms with Crippen LogP contribution in [0.25, 0.3) is 22.7 Å². The summed E-state index contributed by atoms with van der Waals surface area (Å²) in [5.74, 6) is 1.20. The third kappa shape index (κ3) is 5.20. The highest BCUT2D eigenvalue weighted by molar-refractivity contribution is 5.76. The van der Waals surface area contributed by atoms with Gasteiger partial charge in [0.15, 0.2) is 5.82 Å². The highest BCUT2D eigenvalue weighted by Crippen LogP contribution is 2.38. The van der Waals surface area contributed by atoms with Crippen LogP contribution in [0.5, 0.6) is 0 Å². The maximum absolute atomic E-state index is 12.6. The number of carbonyl (C=O) groups excluding carboxylic acids is 1. The number of likely N-dealkylation sites (N-methyl/N-ethyl adjacent to an activating group) is 1. The molecule has 0 saturated carbocycles. The van der Waals surface area contributed by atoms with Crippen LogP contribution in [0, 0.1) is 5.92 Å². The molecule has 37 heavy (non-hydrogen) atoms. The van der Waals surface area contributed by atoms with E-state index in [2.05, 4.69) is 46.0 Å². The highest BCUT2D eigenvalue weighted by Gasteiger charge is 2.38. The standard InChI is InChI=1S/C26H33N9O2/c1-16(2)26(6,19-8-9-20(28-13-19)17-10-29-24(27)30-11-17)23-32-22(37-33-23)18-12-31-35(14-18)15-21(36)34(7)25(3,4)5/h8-14,16H,15H2,1-7H3,(H2,27,29,30).